The highest BCUT2D eigenvalue weighted by atomic mass is 16.2. The molecule has 0 spiro atoms. The normalized spacial score (nSPS) is 9.67. The molecule has 36 valence electrons. The molecule has 2 heteroatoms. The summed E-state index contributed by atoms with van der Waals surface area (Å²) in [6.45, 7) is 0.112. The van der Waals surface area contributed by atoms with E-state index in [9.17, 15) is 0 Å². The molecule has 0 aromatic carbocycles. The molecule has 2 nitrogen and oxygen atoms in total. The Kier molecular flexibility index (Phi) is 4.12. The molecule has 2 N–H and O–H groups in total. The van der Waals surface area contributed by atoms with Crippen LogP contribution in [0.5, 0.6) is 0 Å². The van der Waals surface area contributed by atoms with Crippen LogP contribution in [0.25, 0.3) is 0 Å². The summed E-state index contributed by atoms with van der Waals surface area (Å²) in [5, 5.41) is 10.8. The Bertz CT molecular complexity index is 36.8. The van der Waals surface area contributed by atoms with Crippen LogP contribution >= 0.6 is 0 Å². The molecule has 0 radical (unpaired) electrons. The highest BCUT2D eigenvalue weighted by Gasteiger charge is 1.57. The minimum atomic E-state index is 0.112. The largest absolute Gasteiger partial charge is 0.394 e. The van der Waals surface area contributed by atoms with E-state index in [0.717, 1.165) is 0 Å². The Morgan fingerprint density at radius 3 is 2.67 bits per heavy atom. The number of nitrogens with one attached hydrogen (secondary N) is 1. The summed E-state index contributed by atoms with van der Waals surface area (Å²) in [5.41, 5.74) is 0. The third-order valence-corrected chi connectivity index (χ3v) is 0.390. The van der Waals surface area contributed by atoms with Crippen LogP contribution in [0.1, 0.15) is 0 Å². The van der Waals surface area contributed by atoms with Crippen molar-refractivity contribution in [1.29, 1.82) is 0 Å². The van der Waals surface area contributed by atoms with E-state index < -0.39 is 0 Å². The standard InChI is InChI=1S/C4H9NO/c1-5-3-2-4-6/h2-3,5-6H,4H2,1H3/b3-2-. The van der Waals surface area contributed by atoms with E-state index in [0.29, 0.717) is 0 Å². The van der Waals surface area contributed by atoms with Crippen molar-refractivity contribution in [1.82, 2.24) is 5.32 Å². The highest BCUT2D eigenvalue weighted by molar-refractivity contribution is 4.75. The van der Waals surface area contributed by atoms with Crippen molar-refractivity contribution in [3.8, 4) is 0 Å². The van der Waals surface area contributed by atoms with Gasteiger partial charge in [0.2, 0.25) is 0 Å². The van der Waals surface area contributed by atoms with Crippen LogP contribution in [-0.2, 0) is 0 Å². The Morgan fingerprint density at radius 2 is 2.50 bits per heavy atom. The lowest BCUT2D eigenvalue weighted by molar-refractivity contribution is 0.342. The predicted octanol–water partition coefficient (Wildman–Crippen LogP) is -0.288. The summed E-state index contributed by atoms with van der Waals surface area (Å²) in [6, 6.07) is 0. The number of aliphatic hydroxyl groups is 1. The SMILES string of the molecule is CN/C=C\CO. The van der Waals surface area contributed by atoms with Gasteiger partial charge in [0.05, 0.1) is 6.61 Å². The molecular formula is C4H9NO. The molecule has 0 rings (SSSR count). The molecule has 0 aliphatic heterocycles. The minimum Gasteiger partial charge on any atom is -0.394 e. The maximum absolute atomic E-state index is 8.07. The minimum absolute atomic E-state index is 0.112. The van der Waals surface area contributed by atoms with E-state index in [1.165, 1.54) is 0 Å². The van der Waals surface area contributed by atoms with E-state index >= 15 is 0 Å². The molecule has 0 heterocycles. The van der Waals surface area contributed by atoms with Gasteiger partial charge in [-0.2, -0.15) is 0 Å². The molecule has 0 amide bonds. The quantitative estimate of drug-likeness (QED) is 0.485. The first kappa shape index (κ1) is 5.50. The van der Waals surface area contributed by atoms with Gasteiger partial charge >= 0.3 is 0 Å². The van der Waals surface area contributed by atoms with Crippen LogP contribution in [0.15, 0.2) is 12.3 Å². The van der Waals surface area contributed by atoms with Gasteiger partial charge in [0.25, 0.3) is 0 Å². The lowest BCUT2D eigenvalue weighted by Gasteiger charge is -1.79. The van der Waals surface area contributed by atoms with E-state index in [-0.39, 0.29) is 6.61 Å². The smallest absolute Gasteiger partial charge is 0.0629 e. The average molecular weight is 87.1 g/mol. The number of rotatable bonds is 2. The van der Waals surface area contributed by atoms with Gasteiger partial charge in [0.1, 0.15) is 0 Å². The van der Waals surface area contributed by atoms with E-state index in [1.807, 2.05) is 0 Å². The summed E-state index contributed by atoms with van der Waals surface area (Å²) in [5.74, 6) is 0. The van der Waals surface area contributed by atoms with Gasteiger partial charge < -0.3 is 10.4 Å². The van der Waals surface area contributed by atoms with Crippen LogP contribution in [0.3, 0.4) is 0 Å². The van der Waals surface area contributed by atoms with Crippen molar-refractivity contribution in [2.45, 2.75) is 0 Å². The summed E-state index contributed by atoms with van der Waals surface area (Å²) >= 11 is 0. The lowest BCUT2D eigenvalue weighted by atomic mass is 10.7. The monoisotopic (exact) mass is 87.1 g/mol. The molecule has 6 heavy (non-hydrogen) atoms. The molecule has 0 aliphatic rings. The second-order valence-corrected chi connectivity index (χ2v) is 0.874. The summed E-state index contributed by atoms with van der Waals surface area (Å²) in [7, 11) is 1.78. The molecule has 0 saturated heterocycles. The average Bonchev–Trinajstić information content (AvgIpc) is 1.61. The first-order valence-electron chi connectivity index (χ1n) is 1.85. The van der Waals surface area contributed by atoms with Crippen molar-refractivity contribution in [2.75, 3.05) is 13.7 Å². The van der Waals surface area contributed by atoms with Crippen molar-refractivity contribution in [3.05, 3.63) is 12.3 Å². The maximum Gasteiger partial charge on any atom is 0.0629 e. The van der Waals surface area contributed by atoms with Crippen molar-refractivity contribution in [3.63, 3.8) is 0 Å². The fraction of sp³-hybridized carbons (Fsp3) is 0.500. The Labute approximate surface area is 37.5 Å². The fourth-order valence-corrected chi connectivity index (χ4v) is 0.171. The Hall–Kier alpha value is -0.500. The summed E-state index contributed by atoms with van der Waals surface area (Å²) in [6.07, 6.45) is 3.31. The van der Waals surface area contributed by atoms with E-state index in [2.05, 4.69) is 5.32 Å². The van der Waals surface area contributed by atoms with Crippen LogP contribution in [-0.4, -0.2) is 18.8 Å². The van der Waals surface area contributed by atoms with Crippen LogP contribution < -0.4 is 5.32 Å². The molecule has 0 saturated carbocycles. The van der Waals surface area contributed by atoms with Gasteiger partial charge in [0.15, 0.2) is 0 Å². The number of hydrogen-bond acceptors (Lipinski definition) is 2. The Morgan fingerprint density at radius 1 is 1.83 bits per heavy atom. The zero-order chi connectivity index (χ0) is 4.83. The molecule has 0 unspecified atom stereocenters. The first-order chi connectivity index (χ1) is 2.91. The second kappa shape index (κ2) is 4.50. The topological polar surface area (TPSA) is 32.3 Å². The third-order valence-electron chi connectivity index (χ3n) is 0.390. The maximum atomic E-state index is 8.07. The van der Waals surface area contributed by atoms with Crippen molar-refractivity contribution in [2.24, 2.45) is 0 Å². The zero-order valence-electron chi connectivity index (χ0n) is 3.81. The van der Waals surface area contributed by atoms with Crippen LogP contribution in [0.4, 0.5) is 0 Å². The van der Waals surface area contributed by atoms with Gasteiger partial charge in [-0.05, 0) is 12.3 Å². The molecular weight excluding hydrogens is 78.0 g/mol. The molecule has 0 aromatic rings. The van der Waals surface area contributed by atoms with Gasteiger partial charge in [-0.15, -0.1) is 0 Å². The fourth-order valence-electron chi connectivity index (χ4n) is 0.171. The van der Waals surface area contributed by atoms with Crippen molar-refractivity contribution < 1.29 is 5.11 Å². The van der Waals surface area contributed by atoms with Gasteiger partial charge in [-0.3, -0.25) is 0 Å². The molecule has 0 atom stereocenters. The Balaban J connectivity index is 2.73. The zero-order valence-corrected chi connectivity index (χ0v) is 3.81. The molecule has 0 aliphatic carbocycles. The molecule has 0 aromatic heterocycles. The predicted molar refractivity (Wildman–Crippen MR) is 25.3 cm³/mol. The first-order valence-corrected chi connectivity index (χ1v) is 1.85. The van der Waals surface area contributed by atoms with Crippen molar-refractivity contribution >= 4 is 0 Å². The molecule has 0 bridgehead atoms. The van der Waals surface area contributed by atoms with Gasteiger partial charge in [-0.1, -0.05) is 0 Å². The number of aliphatic hydroxyl groups excluding tert-OH is 1. The van der Waals surface area contributed by atoms with Gasteiger partial charge in [-0.25, -0.2) is 0 Å². The summed E-state index contributed by atoms with van der Waals surface area (Å²) in [4.78, 5) is 0. The van der Waals surface area contributed by atoms with Gasteiger partial charge in [0, 0.05) is 7.05 Å². The van der Waals surface area contributed by atoms with E-state index in [4.69, 9.17) is 5.11 Å². The summed E-state index contributed by atoms with van der Waals surface area (Å²) < 4.78 is 0. The van der Waals surface area contributed by atoms with Crippen LogP contribution in [0.2, 0.25) is 0 Å². The van der Waals surface area contributed by atoms with E-state index in [1.54, 1.807) is 19.3 Å². The molecule has 0 fully saturated rings. The third kappa shape index (κ3) is 3.50. The van der Waals surface area contributed by atoms with Crippen LogP contribution in [0, 0.1) is 0 Å². The highest BCUT2D eigenvalue weighted by Crippen LogP contribution is 1.57. The number of hydrogen-bond donors (Lipinski definition) is 2. The lowest BCUT2D eigenvalue weighted by Crippen LogP contribution is -1.91. The second-order valence-electron chi connectivity index (χ2n) is 0.874.